The largest absolute Gasteiger partial charge is 0.480 e. The molecule has 5 rings (SSSR count). The van der Waals surface area contributed by atoms with Gasteiger partial charge in [-0.2, -0.15) is 30.8 Å². The molecule has 1 aliphatic carbocycles. The first-order chi connectivity index (χ1) is 18.8. The number of carbonyl (C=O) groups is 5. The molecular weight excluding hydrogens is 518 g/mol. The van der Waals surface area contributed by atoms with Crippen molar-refractivity contribution in [3.05, 3.63) is 41.3 Å². The molecule has 3 aromatic rings. The number of nitrogens with one attached hydrogen (secondary N) is 5. The van der Waals surface area contributed by atoms with Gasteiger partial charge in [0.1, 0.15) is 17.6 Å². The van der Waals surface area contributed by atoms with E-state index in [1.807, 2.05) is 0 Å². The molecule has 0 aromatic carbocycles. The Balaban J connectivity index is 1.31. The van der Waals surface area contributed by atoms with Crippen LogP contribution < -0.4 is 16.0 Å². The topological polar surface area (TPSA) is 254 Å². The predicted molar refractivity (Wildman–Crippen MR) is 124 cm³/mol. The van der Waals surface area contributed by atoms with Crippen molar-refractivity contribution in [1.82, 2.24) is 56.8 Å². The zero-order valence-electron chi connectivity index (χ0n) is 20.2. The van der Waals surface area contributed by atoms with Gasteiger partial charge in [-0.25, -0.2) is 4.79 Å². The van der Waals surface area contributed by atoms with Crippen molar-refractivity contribution in [2.24, 2.45) is 0 Å². The Morgan fingerprint density at radius 2 is 1.74 bits per heavy atom. The SMILES string of the molecule is O=C(NC[C@H](NC(=O)[C@@H]1C[C@@H](NC(=O)c2cn[nH]n2)CN1C(=O)c1cnoc1C1CC1)C(=O)O)c1cn[nH]n1. The Bertz CT molecular complexity index is 1370. The Kier molecular flexibility index (Phi) is 6.98. The fourth-order valence-corrected chi connectivity index (χ4v) is 4.25. The van der Waals surface area contributed by atoms with E-state index < -0.39 is 54.3 Å². The van der Waals surface area contributed by atoms with Gasteiger partial charge in [0.2, 0.25) is 5.91 Å². The third-order valence-corrected chi connectivity index (χ3v) is 6.35. The molecule has 1 aliphatic heterocycles. The van der Waals surface area contributed by atoms with Gasteiger partial charge in [0.25, 0.3) is 17.7 Å². The molecule has 1 saturated heterocycles. The summed E-state index contributed by atoms with van der Waals surface area (Å²) < 4.78 is 5.27. The molecule has 2 fully saturated rings. The van der Waals surface area contributed by atoms with Crippen molar-refractivity contribution >= 4 is 29.6 Å². The van der Waals surface area contributed by atoms with Crippen molar-refractivity contribution in [1.29, 1.82) is 0 Å². The number of amides is 4. The first-order valence-electron chi connectivity index (χ1n) is 11.9. The number of nitrogens with zero attached hydrogens (tertiary/aromatic N) is 6. The van der Waals surface area contributed by atoms with Gasteiger partial charge in [-0.15, -0.1) is 0 Å². The van der Waals surface area contributed by atoms with E-state index >= 15 is 0 Å². The van der Waals surface area contributed by atoms with E-state index in [4.69, 9.17) is 4.52 Å². The maximum Gasteiger partial charge on any atom is 0.328 e. The molecule has 204 valence electrons. The molecule has 4 heterocycles. The molecule has 0 bridgehead atoms. The van der Waals surface area contributed by atoms with Gasteiger partial charge in [-0.05, 0) is 19.3 Å². The Morgan fingerprint density at radius 1 is 1.05 bits per heavy atom. The van der Waals surface area contributed by atoms with Crippen molar-refractivity contribution in [2.75, 3.05) is 13.1 Å². The Labute approximate surface area is 218 Å². The van der Waals surface area contributed by atoms with E-state index in [0.29, 0.717) is 5.76 Å². The van der Waals surface area contributed by atoms with Gasteiger partial charge >= 0.3 is 5.97 Å². The number of hydrogen-bond donors (Lipinski definition) is 6. The maximum atomic E-state index is 13.5. The molecule has 0 radical (unpaired) electrons. The minimum absolute atomic E-state index is 0.0111. The summed E-state index contributed by atoms with van der Waals surface area (Å²) >= 11 is 0. The number of rotatable bonds is 10. The first kappa shape index (κ1) is 25.5. The monoisotopic (exact) mass is 541 g/mol. The normalized spacial score (nSPS) is 19.3. The second-order valence-electron chi connectivity index (χ2n) is 9.08. The van der Waals surface area contributed by atoms with Crippen molar-refractivity contribution in [2.45, 2.75) is 43.3 Å². The fourth-order valence-electron chi connectivity index (χ4n) is 4.25. The number of aliphatic carboxylic acids is 1. The summed E-state index contributed by atoms with van der Waals surface area (Å²) in [7, 11) is 0. The van der Waals surface area contributed by atoms with Gasteiger partial charge in [0.15, 0.2) is 17.1 Å². The van der Waals surface area contributed by atoms with Gasteiger partial charge in [0, 0.05) is 25.0 Å². The number of carboxylic acid groups (broad SMARTS) is 1. The number of likely N-dealkylation sites (tertiary alicyclic amines) is 1. The van der Waals surface area contributed by atoms with Crippen LogP contribution in [0.25, 0.3) is 0 Å². The molecule has 18 nitrogen and oxygen atoms in total. The number of hydrogen-bond acceptors (Lipinski definition) is 11. The molecular formula is C21H23N11O7. The summed E-state index contributed by atoms with van der Waals surface area (Å²) in [5.74, 6) is -3.51. The summed E-state index contributed by atoms with van der Waals surface area (Å²) in [5.41, 5.74) is 0.155. The third kappa shape index (κ3) is 5.58. The lowest BCUT2D eigenvalue weighted by Crippen LogP contribution is -2.54. The van der Waals surface area contributed by atoms with Gasteiger partial charge < -0.3 is 30.5 Å². The summed E-state index contributed by atoms with van der Waals surface area (Å²) in [6, 6.07) is -3.32. The number of carboxylic acids is 1. The van der Waals surface area contributed by atoms with Crippen LogP contribution in [0, 0.1) is 0 Å². The minimum Gasteiger partial charge on any atom is -0.480 e. The van der Waals surface area contributed by atoms with Crippen molar-refractivity contribution in [3.8, 4) is 0 Å². The second-order valence-corrected chi connectivity index (χ2v) is 9.08. The van der Waals surface area contributed by atoms with E-state index in [-0.39, 0.29) is 35.8 Å². The van der Waals surface area contributed by atoms with Gasteiger partial charge in [0.05, 0.1) is 18.6 Å². The summed E-state index contributed by atoms with van der Waals surface area (Å²) in [5, 5.41) is 39.8. The summed E-state index contributed by atoms with van der Waals surface area (Å²) in [6.45, 7) is -0.506. The fraction of sp³-hybridized carbons (Fsp3) is 0.429. The molecule has 3 atom stereocenters. The van der Waals surface area contributed by atoms with E-state index in [0.717, 1.165) is 19.0 Å². The highest BCUT2D eigenvalue weighted by molar-refractivity contribution is 6.00. The van der Waals surface area contributed by atoms with Crippen molar-refractivity contribution < 1.29 is 33.6 Å². The number of aromatic amines is 2. The molecule has 3 aromatic heterocycles. The zero-order valence-corrected chi connectivity index (χ0v) is 20.2. The van der Waals surface area contributed by atoms with Gasteiger partial charge in [-0.1, -0.05) is 5.16 Å². The van der Waals surface area contributed by atoms with E-state index in [1.54, 1.807) is 0 Å². The highest BCUT2D eigenvalue weighted by Gasteiger charge is 2.44. The molecule has 39 heavy (non-hydrogen) atoms. The standard InChI is InChI=1S/C21H23N11O7/c33-17(12-6-23-30-28-12)22-5-14(21(37)38)27-19(35)15-3-10(26-18(34)13-7-24-31-29-13)8-32(15)20(36)11-4-25-39-16(11)9-1-2-9/h4,6-7,9-10,14-15H,1-3,5,8H2,(H,22,33)(H,26,34)(H,27,35)(H,37,38)(H,23,28,30)(H,24,29,31)/t10-,14+,15+/m1/s1. The highest BCUT2D eigenvalue weighted by atomic mass is 16.5. The lowest BCUT2D eigenvalue weighted by molar-refractivity contribution is -0.142. The second kappa shape index (κ2) is 10.7. The third-order valence-electron chi connectivity index (χ3n) is 6.35. The van der Waals surface area contributed by atoms with Crippen LogP contribution in [0.1, 0.15) is 62.3 Å². The quantitative estimate of drug-likeness (QED) is 0.160. The molecule has 18 heteroatoms. The molecule has 1 saturated carbocycles. The zero-order chi connectivity index (χ0) is 27.5. The van der Waals surface area contributed by atoms with E-state index in [2.05, 4.69) is 51.9 Å². The Hall–Kier alpha value is -5.16. The van der Waals surface area contributed by atoms with Crippen LogP contribution >= 0.6 is 0 Å². The highest BCUT2D eigenvalue weighted by Crippen LogP contribution is 2.42. The van der Waals surface area contributed by atoms with Crippen LogP contribution in [0.3, 0.4) is 0 Å². The maximum absolute atomic E-state index is 13.5. The Morgan fingerprint density at radius 3 is 2.36 bits per heavy atom. The lowest BCUT2D eigenvalue weighted by Gasteiger charge is -2.25. The average Bonchev–Trinajstić information content (AvgIpc) is 3.45. The average molecular weight is 541 g/mol. The van der Waals surface area contributed by atoms with Crippen LogP contribution in [-0.2, 0) is 9.59 Å². The number of carbonyl (C=O) groups excluding carboxylic acids is 4. The molecule has 0 unspecified atom stereocenters. The first-order valence-corrected chi connectivity index (χ1v) is 11.9. The van der Waals surface area contributed by atoms with E-state index in [1.165, 1.54) is 17.3 Å². The van der Waals surface area contributed by atoms with Crippen LogP contribution in [0.4, 0.5) is 0 Å². The molecule has 2 aliphatic rings. The van der Waals surface area contributed by atoms with Crippen LogP contribution in [-0.4, -0.2) is 107 Å². The molecule has 0 spiro atoms. The van der Waals surface area contributed by atoms with Crippen LogP contribution in [0.15, 0.2) is 23.1 Å². The van der Waals surface area contributed by atoms with Gasteiger partial charge in [-0.3, -0.25) is 19.2 Å². The summed E-state index contributed by atoms with van der Waals surface area (Å²) in [6.07, 6.45) is 5.34. The van der Waals surface area contributed by atoms with Crippen LogP contribution in [0.5, 0.6) is 0 Å². The molecule has 6 N–H and O–H groups in total. The smallest absolute Gasteiger partial charge is 0.328 e. The summed E-state index contributed by atoms with van der Waals surface area (Å²) in [4.78, 5) is 64.6. The van der Waals surface area contributed by atoms with Crippen molar-refractivity contribution in [3.63, 3.8) is 0 Å². The number of H-pyrrole nitrogens is 2. The lowest BCUT2D eigenvalue weighted by atomic mass is 10.1. The molecule has 4 amide bonds. The number of aromatic nitrogens is 7. The minimum atomic E-state index is -1.52. The van der Waals surface area contributed by atoms with E-state index in [9.17, 15) is 29.1 Å². The van der Waals surface area contributed by atoms with Crippen LogP contribution in [0.2, 0.25) is 0 Å². The predicted octanol–water partition coefficient (Wildman–Crippen LogP) is -2.20.